The van der Waals surface area contributed by atoms with Gasteiger partial charge in [-0.05, 0) is 24.6 Å². The van der Waals surface area contributed by atoms with E-state index in [1.807, 2.05) is 0 Å². The van der Waals surface area contributed by atoms with Crippen LogP contribution in [-0.4, -0.2) is 18.9 Å². The number of benzene rings is 1. The molecule has 0 spiro atoms. The van der Waals surface area contributed by atoms with Gasteiger partial charge < -0.3 is 10.0 Å². The summed E-state index contributed by atoms with van der Waals surface area (Å²) in [4.78, 5) is 1.46. The molecular formula is C9H11ClFNO. The number of hydrogen-bond acceptors (Lipinski definition) is 2. The van der Waals surface area contributed by atoms with Gasteiger partial charge in [0.2, 0.25) is 0 Å². The third kappa shape index (κ3) is 2.11. The molecule has 0 aliphatic rings. The lowest BCUT2D eigenvalue weighted by Gasteiger charge is -2.17. The molecule has 0 radical (unpaired) electrons. The Bertz CT molecular complexity index is 317. The molecular weight excluding hydrogens is 193 g/mol. The highest BCUT2D eigenvalue weighted by atomic mass is 35.5. The van der Waals surface area contributed by atoms with Crippen LogP contribution in [0.1, 0.15) is 5.56 Å². The summed E-state index contributed by atoms with van der Waals surface area (Å²) in [6, 6.07) is 2.85. The summed E-state index contributed by atoms with van der Waals surface area (Å²) < 4.78 is 13.1. The summed E-state index contributed by atoms with van der Waals surface area (Å²) in [6.07, 6.45) is 0. The molecule has 0 bridgehead atoms. The van der Waals surface area contributed by atoms with Crippen molar-refractivity contribution in [3.63, 3.8) is 0 Å². The van der Waals surface area contributed by atoms with Crippen molar-refractivity contribution in [1.29, 1.82) is 0 Å². The van der Waals surface area contributed by atoms with Gasteiger partial charge in [-0.15, -0.1) is 0 Å². The van der Waals surface area contributed by atoms with E-state index < -0.39 is 0 Å². The summed E-state index contributed by atoms with van der Waals surface area (Å²) in [7, 11) is 1.63. The fraction of sp³-hybridized carbons (Fsp3) is 0.333. The number of aliphatic hydroxyl groups excluding tert-OH is 1. The normalized spacial score (nSPS) is 10.2. The second-order valence-electron chi connectivity index (χ2n) is 2.89. The van der Waals surface area contributed by atoms with Crippen LogP contribution in [0.25, 0.3) is 0 Å². The van der Waals surface area contributed by atoms with E-state index in [-0.39, 0.29) is 12.5 Å². The van der Waals surface area contributed by atoms with Gasteiger partial charge in [-0.25, -0.2) is 4.39 Å². The Morgan fingerprint density at radius 2 is 2.15 bits per heavy atom. The fourth-order valence-corrected chi connectivity index (χ4v) is 1.37. The minimum absolute atomic E-state index is 0.192. The van der Waals surface area contributed by atoms with Crippen LogP contribution in [0.5, 0.6) is 0 Å². The average Bonchev–Trinajstić information content (AvgIpc) is 2.10. The molecule has 13 heavy (non-hydrogen) atoms. The Morgan fingerprint density at radius 3 is 2.69 bits per heavy atom. The summed E-state index contributed by atoms with van der Waals surface area (Å²) in [5, 5.41) is 9.26. The molecule has 0 aliphatic heterocycles. The van der Waals surface area contributed by atoms with Crippen LogP contribution in [0.15, 0.2) is 12.1 Å². The monoisotopic (exact) mass is 203 g/mol. The van der Waals surface area contributed by atoms with E-state index in [4.69, 9.17) is 16.7 Å². The van der Waals surface area contributed by atoms with Gasteiger partial charge in [0.05, 0.1) is 10.7 Å². The predicted octanol–water partition coefficient (Wildman–Crippen LogP) is 2.17. The van der Waals surface area contributed by atoms with Gasteiger partial charge in [0, 0.05) is 7.05 Å². The molecule has 1 aromatic rings. The predicted molar refractivity (Wildman–Crippen MR) is 51.6 cm³/mol. The first-order valence-electron chi connectivity index (χ1n) is 3.84. The van der Waals surface area contributed by atoms with Crippen molar-refractivity contribution in [2.45, 2.75) is 6.92 Å². The zero-order chi connectivity index (χ0) is 10.0. The summed E-state index contributed by atoms with van der Waals surface area (Å²) >= 11 is 5.86. The van der Waals surface area contributed by atoms with Gasteiger partial charge in [-0.1, -0.05) is 11.6 Å². The number of halogens is 2. The highest BCUT2D eigenvalue weighted by molar-refractivity contribution is 6.33. The molecule has 0 aliphatic carbocycles. The first-order chi connectivity index (χ1) is 6.06. The molecule has 0 unspecified atom stereocenters. The molecule has 1 rings (SSSR count). The van der Waals surface area contributed by atoms with Crippen molar-refractivity contribution in [3.05, 3.63) is 28.5 Å². The van der Waals surface area contributed by atoms with E-state index in [2.05, 4.69) is 0 Å². The smallest absolute Gasteiger partial charge is 0.128 e. The van der Waals surface area contributed by atoms with Crippen molar-refractivity contribution >= 4 is 17.3 Å². The van der Waals surface area contributed by atoms with E-state index in [0.29, 0.717) is 16.3 Å². The highest BCUT2D eigenvalue weighted by Crippen LogP contribution is 2.27. The number of aryl methyl sites for hydroxylation is 1. The van der Waals surface area contributed by atoms with Crippen molar-refractivity contribution < 1.29 is 9.50 Å². The Hall–Kier alpha value is -0.800. The highest BCUT2D eigenvalue weighted by Gasteiger charge is 2.08. The number of hydrogen-bond donors (Lipinski definition) is 1. The first-order valence-corrected chi connectivity index (χ1v) is 4.21. The minimum Gasteiger partial charge on any atom is -0.376 e. The third-order valence-corrected chi connectivity index (χ3v) is 2.15. The van der Waals surface area contributed by atoms with Gasteiger partial charge >= 0.3 is 0 Å². The van der Waals surface area contributed by atoms with Crippen molar-refractivity contribution in [2.24, 2.45) is 0 Å². The van der Waals surface area contributed by atoms with Crippen LogP contribution >= 0.6 is 11.6 Å². The lowest BCUT2D eigenvalue weighted by molar-refractivity contribution is 0.298. The number of aliphatic hydroxyl groups is 1. The van der Waals surface area contributed by atoms with Crippen molar-refractivity contribution in [3.8, 4) is 0 Å². The molecule has 1 N–H and O–H groups in total. The van der Waals surface area contributed by atoms with Crippen molar-refractivity contribution in [1.82, 2.24) is 0 Å². The first kappa shape index (κ1) is 10.3. The molecule has 0 aromatic heterocycles. The standard InChI is InChI=1S/C9H11ClFNO/c1-6-3-7(10)9(4-8(6)11)12(2)5-13/h3-4,13H,5H2,1-2H3. The van der Waals surface area contributed by atoms with Crippen LogP contribution in [0.2, 0.25) is 5.02 Å². The van der Waals surface area contributed by atoms with E-state index >= 15 is 0 Å². The Morgan fingerprint density at radius 1 is 1.54 bits per heavy atom. The molecule has 72 valence electrons. The Balaban J connectivity index is 3.15. The fourth-order valence-electron chi connectivity index (χ4n) is 1.00. The van der Waals surface area contributed by atoms with Crippen LogP contribution in [0.3, 0.4) is 0 Å². The van der Waals surface area contributed by atoms with E-state index in [0.717, 1.165) is 0 Å². The number of nitrogens with zero attached hydrogens (tertiary/aromatic N) is 1. The van der Waals surface area contributed by atoms with Gasteiger partial charge in [0.15, 0.2) is 0 Å². The van der Waals surface area contributed by atoms with Crippen LogP contribution in [-0.2, 0) is 0 Å². The second kappa shape index (κ2) is 3.94. The molecule has 0 heterocycles. The lowest BCUT2D eigenvalue weighted by Crippen LogP contribution is -2.18. The van der Waals surface area contributed by atoms with Gasteiger partial charge in [-0.3, -0.25) is 0 Å². The quantitative estimate of drug-likeness (QED) is 0.745. The van der Waals surface area contributed by atoms with Gasteiger partial charge in [0.1, 0.15) is 12.5 Å². The van der Waals surface area contributed by atoms with Crippen LogP contribution in [0.4, 0.5) is 10.1 Å². The Labute approximate surface area is 81.5 Å². The molecule has 4 heteroatoms. The summed E-state index contributed by atoms with van der Waals surface area (Å²) in [5.74, 6) is -0.320. The Kier molecular flexibility index (Phi) is 3.12. The molecule has 0 saturated heterocycles. The van der Waals surface area contributed by atoms with E-state index in [1.165, 1.54) is 11.0 Å². The lowest BCUT2D eigenvalue weighted by atomic mass is 10.2. The number of rotatable bonds is 2. The largest absolute Gasteiger partial charge is 0.376 e. The maximum absolute atomic E-state index is 13.1. The van der Waals surface area contributed by atoms with Gasteiger partial charge in [0.25, 0.3) is 0 Å². The summed E-state index contributed by atoms with van der Waals surface area (Å²) in [6.45, 7) is 1.45. The van der Waals surface area contributed by atoms with Crippen molar-refractivity contribution in [2.75, 3.05) is 18.7 Å². The average molecular weight is 204 g/mol. The second-order valence-corrected chi connectivity index (χ2v) is 3.30. The molecule has 1 aromatic carbocycles. The number of anilines is 1. The molecule has 0 amide bonds. The zero-order valence-corrected chi connectivity index (χ0v) is 8.27. The maximum Gasteiger partial charge on any atom is 0.128 e. The van der Waals surface area contributed by atoms with E-state index in [9.17, 15) is 4.39 Å². The molecule has 0 fully saturated rings. The summed E-state index contributed by atoms with van der Waals surface area (Å²) in [5.41, 5.74) is 0.993. The maximum atomic E-state index is 13.1. The molecule has 0 saturated carbocycles. The third-order valence-electron chi connectivity index (χ3n) is 1.85. The van der Waals surface area contributed by atoms with Crippen LogP contribution in [0, 0.1) is 12.7 Å². The molecule has 2 nitrogen and oxygen atoms in total. The van der Waals surface area contributed by atoms with E-state index in [1.54, 1.807) is 20.0 Å². The van der Waals surface area contributed by atoms with Crippen LogP contribution < -0.4 is 4.90 Å². The van der Waals surface area contributed by atoms with Gasteiger partial charge in [-0.2, -0.15) is 0 Å². The molecule has 0 atom stereocenters. The minimum atomic E-state index is -0.320. The SMILES string of the molecule is Cc1cc(Cl)c(N(C)CO)cc1F. The zero-order valence-electron chi connectivity index (χ0n) is 7.51. The topological polar surface area (TPSA) is 23.5 Å².